The molecule has 1 atom stereocenters. The van der Waals surface area contributed by atoms with E-state index >= 15 is 0 Å². The van der Waals surface area contributed by atoms with Gasteiger partial charge in [0.15, 0.2) is 5.75 Å². The summed E-state index contributed by atoms with van der Waals surface area (Å²) in [7, 11) is -3.61. The fourth-order valence-electron chi connectivity index (χ4n) is 3.06. The highest BCUT2D eigenvalue weighted by atomic mass is 32.2. The Balaban J connectivity index is 2.06. The molecule has 0 radical (unpaired) electrons. The molecule has 0 spiro atoms. The van der Waals surface area contributed by atoms with Crippen molar-refractivity contribution < 1.29 is 17.9 Å². The van der Waals surface area contributed by atoms with Crippen molar-refractivity contribution in [2.75, 3.05) is 31.0 Å². The molecule has 2 aliphatic heterocycles. The third-order valence-corrected chi connectivity index (χ3v) is 6.69. The van der Waals surface area contributed by atoms with E-state index < -0.39 is 14.8 Å². The fraction of sp³-hybridized carbons (Fsp3) is 0.611. The predicted molar refractivity (Wildman–Crippen MR) is 103 cm³/mol. The predicted octanol–water partition coefficient (Wildman–Crippen LogP) is 2.79. The van der Waals surface area contributed by atoms with Gasteiger partial charge in [0, 0.05) is 18.5 Å². The molecule has 1 N–H and O–H groups in total. The van der Waals surface area contributed by atoms with Crippen LogP contribution in [0.5, 0.6) is 11.5 Å². The maximum absolute atomic E-state index is 12.7. The number of nitrogens with zero attached hydrogens (tertiary/aromatic N) is 2. The number of anilines is 1. The summed E-state index contributed by atoms with van der Waals surface area (Å²) in [6.45, 7) is 9.45. The molecule has 7 nitrogen and oxygen atoms in total. The Bertz CT molecular complexity index is 799. The van der Waals surface area contributed by atoms with Crippen LogP contribution in [0.25, 0.3) is 0 Å². The van der Waals surface area contributed by atoms with Crippen LogP contribution in [-0.4, -0.2) is 50.7 Å². The number of rotatable bonds is 5. The lowest BCUT2D eigenvalue weighted by Crippen LogP contribution is -2.35. The molecule has 0 aliphatic carbocycles. The van der Waals surface area contributed by atoms with Gasteiger partial charge in [0.2, 0.25) is 10.0 Å². The van der Waals surface area contributed by atoms with Crippen molar-refractivity contribution in [3.63, 3.8) is 0 Å². The van der Waals surface area contributed by atoms with E-state index in [1.54, 1.807) is 20.8 Å². The van der Waals surface area contributed by atoms with Crippen molar-refractivity contribution in [1.29, 1.82) is 0 Å². The van der Waals surface area contributed by atoms with Crippen LogP contribution in [0.2, 0.25) is 0 Å². The maximum atomic E-state index is 12.7. The second kappa shape index (κ2) is 6.98. The summed E-state index contributed by atoms with van der Waals surface area (Å²) < 4.78 is 38.9. The molecule has 0 aromatic heterocycles. The van der Waals surface area contributed by atoms with Crippen LogP contribution >= 0.6 is 0 Å². The summed E-state index contributed by atoms with van der Waals surface area (Å²) >= 11 is 0. The third kappa shape index (κ3) is 3.47. The molecule has 8 heteroatoms. The van der Waals surface area contributed by atoms with Gasteiger partial charge >= 0.3 is 0 Å². The van der Waals surface area contributed by atoms with Gasteiger partial charge in [-0.25, -0.2) is 8.42 Å². The number of hydrogen-bond donors (Lipinski definition) is 1. The van der Waals surface area contributed by atoms with Gasteiger partial charge in [0.1, 0.15) is 11.4 Å². The van der Waals surface area contributed by atoms with Crippen LogP contribution in [-0.2, 0) is 10.0 Å². The first-order valence-corrected chi connectivity index (χ1v) is 10.4. The number of ether oxygens (including phenoxy) is 2. The number of sulfonamides is 1. The van der Waals surface area contributed by atoms with Gasteiger partial charge in [-0.3, -0.25) is 9.71 Å². The Morgan fingerprint density at radius 1 is 1.38 bits per heavy atom. The van der Waals surface area contributed by atoms with E-state index in [1.807, 2.05) is 25.4 Å². The minimum Gasteiger partial charge on any atom is -0.492 e. The number of aliphatic imine (C=N–C) groups is 1. The molecule has 2 aliphatic rings. The number of nitrogens with one attached hydrogen (secondary N) is 1. The van der Waals surface area contributed by atoms with Crippen molar-refractivity contribution in [3.8, 4) is 11.5 Å². The van der Waals surface area contributed by atoms with Gasteiger partial charge in [-0.15, -0.1) is 0 Å². The van der Waals surface area contributed by atoms with E-state index in [9.17, 15) is 8.42 Å². The Hall–Kier alpha value is -1.96. The summed E-state index contributed by atoms with van der Waals surface area (Å²) in [5.41, 5.74) is 1.35. The van der Waals surface area contributed by atoms with E-state index in [4.69, 9.17) is 9.47 Å². The topological polar surface area (TPSA) is 80.2 Å². The van der Waals surface area contributed by atoms with E-state index in [0.717, 1.165) is 25.1 Å². The fourth-order valence-corrected chi connectivity index (χ4v) is 3.83. The maximum Gasteiger partial charge on any atom is 0.237 e. The van der Waals surface area contributed by atoms with Crippen molar-refractivity contribution in [2.45, 2.75) is 44.9 Å². The van der Waals surface area contributed by atoms with Gasteiger partial charge in [-0.2, -0.15) is 0 Å². The molecule has 0 saturated carbocycles. The van der Waals surface area contributed by atoms with Crippen LogP contribution in [0, 0.1) is 0 Å². The van der Waals surface area contributed by atoms with Crippen LogP contribution in [0.1, 0.15) is 45.7 Å². The van der Waals surface area contributed by atoms with E-state index in [1.165, 1.54) is 0 Å². The van der Waals surface area contributed by atoms with E-state index in [-0.39, 0.29) is 6.04 Å². The first-order valence-electron chi connectivity index (χ1n) is 8.95. The zero-order valence-corrected chi connectivity index (χ0v) is 16.6. The van der Waals surface area contributed by atoms with Gasteiger partial charge in [0.05, 0.1) is 36.9 Å². The first kappa shape index (κ1) is 18.8. The van der Waals surface area contributed by atoms with Crippen molar-refractivity contribution in [2.24, 2.45) is 4.99 Å². The van der Waals surface area contributed by atoms with Gasteiger partial charge in [0.25, 0.3) is 0 Å². The van der Waals surface area contributed by atoms with Crippen LogP contribution in [0.15, 0.2) is 17.1 Å². The van der Waals surface area contributed by atoms with E-state index in [0.29, 0.717) is 30.4 Å². The SMILES string of the molecule is CCOc1ccc2c(c1NS(=O)(=O)C(C)(C)C)OCCC2N1C=NCC1. The van der Waals surface area contributed by atoms with E-state index in [2.05, 4.69) is 14.6 Å². The third-order valence-electron chi connectivity index (χ3n) is 4.61. The lowest BCUT2D eigenvalue weighted by atomic mass is 9.98. The molecule has 0 fully saturated rings. The molecule has 1 aromatic rings. The highest BCUT2D eigenvalue weighted by Gasteiger charge is 2.35. The van der Waals surface area contributed by atoms with Crippen molar-refractivity contribution >= 4 is 22.0 Å². The summed E-state index contributed by atoms with van der Waals surface area (Å²) in [6.07, 6.45) is 2.70. The average Bonchev–Trinajstić information content (AvgIpc) is 3.09. The second-order valence-electron chi connectivity index (χ2n) is 7.42. The molecule has 0 saturated heterocycles. The highest BCUT2D eigenvalue weighted by Crippen LogP contribution is 2.46. The molecular weight excluding hydrogens is 354 g/mol. The Labute approximate surface area is 155 Å². The molecule has 144 valence electrons. The molecule has 0 bridgehead atoms. The van der Waals surface area contributed by atoms with Crippen LogP contribution in [0.3, 0.4) is 0 Å². The van der Waals surface area contributed by atoms with Crippen LogP contribution in [0.4, 0.5) is 5.69 Å². The van der Waals surface area contributed by atoms with Gasteiger partial charge < -0.3 is 14.4 Å². The quantitative estimate of drug-likeness (QED) is 0.848. The average molecular weight is 381 g/mol. The number of benzene rings is 1. The monoisotopic (exact) mass is 381 g/mol. The Kier molecular flexibility index (Phi) is 5.05. The lowest BCUT2D eigenvalue weighted by Gasteiger charge is -2.34. The molecule has 1 unspecified atom stereocenters. The molecule has 1 aromatic carbocycles. The molecule has 26 heavy (non-hydrogen) atoms. The largest absolute Gasteiger partial charge is 0.492 e. The summed E-state index contributed by atoms with van der Waals surface area (Å²) in [5.74, 6) is 1.04. The second-order valence-corrected chi connectivity index (χ2v) is 9.86. The lowest BCUT2D eigenvalue weighted by molar-refractivity contribution is 0.210. The minimum absolute atomic E-state index is 0.124. The number of fused-ring (bicyclic) bond motifs is 1. The summed E-state index contributed by atoms with van der Waals surface area (Å²) in [5, 5.41) is 0. The molecule has 3 rings (SSSR count). The smallest absolute Gasteiger partial charge is 0.237 e. The Morgan fingerprint density at radius 2 is 2.15 bits per heavy atom. The zero-order valence-electron chi connectivity index (χ0n) is 15.8. The molecule has 0 amide bonds. The van der Waals surface area contributed by atoms with Crippen molar-refractivity contribution in [3.05, 3.63) is 17.7 Å². The summed E-state index contributed by atoms with van der Waals surface area (Å²) in [6, 6.07) is 3.90. The normalized spacial score (nSPS) is 19.8. The standard InChI is InChI=1S/C18H27N3O4S/c1-5-24-15-7-6-13-14(21-10-9-19-12-21)8-11-25-17(13)16(15)20-26(22,23)18(2,3)4/h6-7,12,14,20H,5,8-11H2,1-4H3. The van der Waals surface area contributed by atoms with Crippen molar-refractivity contribution in [1.82, 2.24) is 4.90 Å². The molecular formula is C18H27N3O4S. The number of hydrogen-bond acceptors (Lipinski definition) is 6. The summed E-state index contributed by atoms with van der Waals surface area (Å²) in [4.78, 5) is 6.48. The minimum atomic E-state index is -3.61. The Morgan fingerprint density at radius 3 is 2.77 bits per heavy atom. The highest BCUT2D eigenvalue weighted by molar-refractivity contribution is 7.94. The van der Waals surface area contributed by atoms with Crippen LogP contribution < -0.4 is 14.2 Å². The van der Waals surface area contributed by atoms with Gasteiger partial charge in [-0.05, 0) is 39.8 Å². The van der Waals surface area contributed by atoms with Gasteiger partial charge in [-0.1, -0.05) is 0 Å². The zero-order chi connectivity index (χ0) is 18.9. The first-order chi connectivity index (χ1) is 12.2. The molecule has 2 heterocycles.